The van der Waals surface area contributed by atoms with E-state index in [0.29, 0.717) is 29.4 Å². The molecule has 1 amide bonds. The molecule has 0 aliphatic heterocycles. The number of thioether (sulfide) groups is 1. The summed E-state index contributed by atoms with van der Waals surface area (Å²) in [6.45, 7) is 1.97. The Balaban J connectivity index is 1.85. The SMILES string of the molecule is Cc1c(Oc2cc(F)cc(C#N)c2)ccc(SC(F)F)c1/C=C/C(=O)NCc1ccccc1. The summed E-state index contributed by atoms with van der Waals surface area (Å²) in [5.74, 6) is -3.30. The number of rotatable bonds is 8. The van der Waals surface area contributed by atoms with Gasteiger partial charge in [-0.3, -0.25) is 4.79 Å². The van der Waals surface area contributed by atoms with Crippen LogP contribution in [0, 0.1) is 24.1 Å². The van der Waals surface area contributed by atoms with Gasteiger partial charge in [0.1, 0.15) is 17.3 Å². The van der Waals surface area contributed by atoms with Crippen molar-refractivity contribution in [2.45, 2.75) is 24.1 Å². The van der Waals surface area contributed by atoms with Crippen LogP contribution < -0.4 is 10.1 Å². The molecule has 0 spiro atoms. The molecule has 8 heteroatoms. The number of nitriles is 1. The predicted octanol–water partition coefficient (Wildman–Crippen LogP) is 6.44. The van der Waals surface area contributed by atoms with E-state index in [4.69, 9.17) is 10.00 Å². The summed E-state index contributed by atoms with van der Waals surface area (Å²) in [5, 5.41) is 11.8. The molecule has 0 aliphatic carbocycles. The number of carbonyl (C=O) groups is 1. The molecule has 33 heavy (non-hydrogen) atoms. The number of amides is 1. The van der Waals surface area contributed by atoms with Crippen LogP contribution in [-0.2, 0) is 11.3 Å². The van der Waals surface area contributed by atoms with Crippen LogP contribution in [0.15, 0.2) is 71.6 Å². The zero-order valence-corrected chi connectivity index (χ0v) is 18.3. The third kappa shape index (κ3) is 6.89. The molecule has 168 valence electrons. The minimum Gasteiger partial charge on any atom is -0.457 e. The van der Waals surface area contributed by atoms with Crippen LogP contribution in [0.1, 0.15) is 22.3 Å². The highest BCUT2D eigenvalue weighted by molar-refractivity contribution is 7.99. The molecule has 4 nitrogen and oxygen atoms in total. The van der Waals surface area contributed by atoms with Gasteiger partial charge in [0.2, 0.25) is 5.91 Å². The van der Waals surface area contributed by atoms with E-state index in [1.165, 1.54) is 30.4 Å². The Bertz CT molecular complexity index is 1210. The monoisotopic (exact) mass is 468 g/mol. The Morgan fingerprint density at radius 1 is 1.18 bits per heavy atom. The maximum absolute atomic E-state index is 13.7. The van der Waals surface area contributed by atoms with Crippen LogP contribution in [0.2, 0.25) is 0 Å². The molecule has 0 unspecified atom stereocenters. The van der Waals surface area contributed by atoms with Crippen molar-refractivity contribution in [1.29, 1.82) is 5.26 Å². The van der Waals surface area contributed by atoms with Crippen LogP contribution in [0.5, 0.6) is 11.5 Å². The van der Waals surface area contributed by atoms with E-state index < -0.39 is 11.6 Å². The van der Waals surface area contributed by atoms with Crippen LogP contribution >= 0.6 is 11.8 Å². The molecule has 0 aliphatic rings. The van der Waals surface area contributed by atoms with Gasteiger partial charge in [-0.05, 0) is 48.4 Å². The highest BCUT2D eigenvalue weighted by Gasteiger charge is 2.15. The molecule has 0 saturated heterocycles. The van der Waals surface area contributed by atoms with Crippen LogP contribution in [0.25, 0.3) is 6.08 Å². The maximum atomic E-state index is 13.7. The molecule has 0 saturated carbocycles. The van der Waals surface area contributed by atoms with E-state index >= 15 is 0 Å². The fourth-order valence-electron chi connectivity index (χ4n) is 3.02. The topological polar surface area (TPSA) is 62.1 Å². The number of hydrogen-bond acceptors (Lipinski definition) is 4. The van der Waals surface area contributed by atoms with Gasteiger partial charge in [0, 0.05) is 29.1 Å². The first-order valence-corrected chi connectivity index (χ1v) is 10.7. The number of carbonyl (C=O) groups excluding carboxylic acids is 1. The van der Waals surface area contributed by atoms with E-state index in [9.17, 15) is 18.0 Å². The fourth-order valence-corrected chi connectivity index (χ4v) is 3.70. The fraction of sp³-hybridized carbons (Fsp3) is 0.120. The highest BCUT2D eigenvalue weighted by atomic mass is 32.2. The zero-order chi connectivity index (χ0) is 23.8. The lowest BCUT2D eigenvalue weighted by atomic mass is 10.1. The van der Waals surface area contributed by atoms with E-state index in [-0.39, 0.29) is 27.9 Å². The van der Waals surface area contributed by atoms with Gasteiger partial charge in [0.25, 0.3) is 5.76 Å². The van der Waals surface area contributed by atoms with Gasteiger partial charge in [-0.15, -0.1) is 0 Å². The molecule has 0 aromatic heterocycles. The third-order valence-electron chi connectivity index (χ3n) is 4.58. The molecular weight excluding hydrogens is 449 g/mol. The Hall–Kier alpha value is -3.70. The lowest BCUT2D eigenvalue weighted by Gasteiger charge is -2.15. The van der Waals surface area contributed by atoms with E-state index in [1.807, 2.05) is 36.4 Å². The van der Waals surface area contributed by atoms with Gasteiger partial charge in [0.05, 0.1) is 11.6 Å². The number of alkyl halides is 2. The number of benzene rings is 3. The van der Waals surface area contributed by atoms with Crippen LogP contribution in [-0.4, -0.2) is 11.7 Å². The summed E-state index contributed by atoms with van der Waals surface area (Å²) >= 11 is 0.350. The molecule has 3 aromatic rings. The second kappa shape index (κ2) is 11.2. The van der Waals surface area contributed by atoms with Gasteiger partial charge in [-0.2, -0.15) is 14.0 Å². The summed E-state index contributed by atoms with van der Waals surface area (Å²) in [4.78, 5) is 12.5. The summed E-state index contributed by atoms with van der Waals surface area (Å²) < 4.78 is 45.6. The molecule has 1 N–H and O–H groups in total. The van der Waals surface area contributed by atoms with E-state index in [1.54, 1.807) is 6.92 Å². The van der Waals surface area contributed by atoms with Crippen molar-refractivity contribution in [2.24, 2.45) is 0 Å². The Morgan fingerprint density at radius 2 is 1.94 bits per heavy atom. The van der Waals surface area contributed by atoms with E-state index in [0.717, 1.165) is 17.7 Å². The van der Waals surface area contributed by atoms with Gasteiger partial charge in [-0.25, -0.2) is 4.39 Å². The summed E-state index contributed by atoms with van der Waals surface area (Å²) in [5.41, 5.74) is 1.87. The number of halogens is 3. The molecule has 0 bridgehead atoms. The Kier molecular flexibility index (Phi) is 8.17. The molecule has 0 heterocycles. The molecular formula is C25H19F3N2O2S. The van der Waals surface area contributed by atoms with Crippen LogP contribution in [0.4, 0.5) is 13.2 Å². The third-order valence-corrected chi connectivity index (χ3v) is 5.37. The van der Waals surface area contributed by atoms with Crippen molar-refractivity contribution in [3.8, 4) is 17.6 Å². The number of ether oxygens (including phenoxy) is 1. The van der Waals surface area contributed by atoms with Crippen molar-refractivity contribution < 1.29 is 22.7 Å². The van der Waals surface area contributed by atoms with Crippen molar-refractivity contribution in [3.05, 3.63) is 94.8 Å². The molecule has 3 rings (SSSR count). The second-order valence-electron chi connectivity index (χ2n) is 6.91. The summed E-state index contributed by atoms with van der Waals surface area (Å²) in [6, 6.07) is 17.7. The average Bonchev–Trinajstić information content (AvgIpc) is 2.79. The standard InChI is InChI=1S/C25H19F3N2O2S/c1-16-21(7-10-24(31)30-15-17-5-3-2-4-6-17)23(33-25(27)28)9-8-22(16)32-20-12-18(14-29)11-19(26)13-20/h2-13,25H,15H2,1H3,(H,30,31)/b10-7+. The zero-order valence-electron chi connectivity index (χ0n) is 17.5. The molecule has 0 radical (unpaired) electrons. The molecule has 3 aromatic carbocycles. The Labute approximate surface area is 193 Å². The summed E-state index contributed by atoms with van der Waals surface area (Å²) in [7, 11) is 0. The lowest BCUT2D eigenvalue weighted by molar-refractivity contribution is -0.116. The van der Waals surface area contributed by atoms with Gasteiger partial charge in [-0.1, -0.05) is 42.1 Å². The van der Waals surface area contributed by atoms with Gasteiger partial charge in [0.15, 0.2) is 0 Å². The average molecular weight is 469 g/mol. The number of nitrogens with one attached hydrogen (secondary N) is 1. The van der Waals surface area contributed by atoms with Crippen molar-refractivity contribution >= 4 is 23.7 Å². The Morgan fingerprint density at radius 3 is 2.64 bits per heavy atom. The lowest BCUT2D eigenvalue weighted by Crippen LogP contribution is -2.20. The summed E-state index contributed by atoms with van der Waals surface area (Å²) in [6.07, 6.45) is 2.71. The first-order valence-electron chi connectivity index (χ1n) is 9.82. The minimum absolute atomic E-state index is 0.0859. The van der Waals surface area contributed by atoms with Crippen molar-refractivity contribution in [3.63, 3.8) is 0 Å². The van der Waals surface area contributed by atoms with Crippen molar-refractivity contribution in [1.82, 2.24) is 5.32 Å². The molecule has 0 fully saturated rings. The van der Waals surface area contributed by atoms with Gasteiger partial charge >= 0.3 is 0 Å². The quantitative estimate of drug-likeness (QED) is 0.305. The minimum atomic E-state index is -2.66. The normalized spacial score (nSPS) is 10.9. The van der Waals surface area contributed by atoms with Crippen molar-refractivity contribution in [2.75, 3.05) is 0 Å². The largest absolute Gasteiger partial charge is 0.457 e. The first-order chi connectivity index (χ1) is 15.9. The smallest absolute Gasteiger partial charge is 0.288 e. The maximum Gasteiger partial charge on any atom is 0.288 e. The van der Waals surface area contributed by atoms with Crippen LogP contribution in [0.3, 0.4) is 0 Å². The highest BCUT2D eigenvalue weighted by Crippen LogP contribution is 2.37. The van der Waals surface area contributed by atoms with E-state index in [2.05, 4.69) is 5.32 Å². The second-order valence-corrected chi connectivity index (χ2v) is 7.94. The number of hydrogen-bond donors (Lipinski definition) is 1. The number of nitrogens with zero attached hydrogens (tertiary/aromatic N) is 1. The first kappa shape index (κ1) is 24.0. The predicted molar refractivity (Wildman–Crippen MR) is 122 cm³/mol. The van der Waals surface area contributed by atoms with Gasteiger partial charge < -0.3 is 10.1 Å². The molecule has 0 atom stereocenters.